The van der Waals surface area contributed by atoms with Gasteiger partial charge in [0.1, 0.15) is 0 Å². The molecule has 0 atom stereocenters. The number of carbonyl (C=O) groups excluding carboxylic acids is 1. The summed E-state index contributed by atoms with van der Waals surface area (Å²) in [5.74, 6) is 2.33. The molecule has 0 radical (unpaired) electrons. The lowest BCUT2D eigenvalue weighted by Crippen LogP contribution is -2.20. The van der Waals surface area contributed by atoms with Crippen LogP contribution < -0.4 is 29.6 Å². The van der Waals surface area contributed by atoms with Crippen molar-refractivity contribution in [1.82, 2.24) is 5.32 Å². The molecule has 3 aromatic carbocycles. The minimum absolute atomic E-state index is 0. The molecule has 35 heavy (non-hydrogen) atoms. The smallest absolute Gasteiger partial charge is 0.262 e. The lowest BCUT2D eigenvalue weighted by Gasteiger charge is -2.13. The van der Waals surface area contributed by atoms with Gasteiger partial charge in [0.15, 0.2) is 29.6 Å². The molecule has 0 aliphatic carbocycles. The number of anilines is 1. The van der Waals surface area contributed by atoms with Gasteiger partial charge in [-0.05, 0) is 67.4 Å². The van der Waals surface area contributed by atoms with E-state index in [1.54, 1.807) is 21.3 Å². The van der Waals surface area contributed by atoms with Crippen molar-refractivity contribution >= 4 is 24.0 Å². The Balaban J connectivity index is 0.00000432. The molecule has 0 fully saturated rings. The lowest BCUT2D eigenvalue weighted by molar-refractivity contribution is -0.118. The fourth-order valence-electron chi connectivity index (χ4n) is 3.42. The fraction of sp³-hybridized carbons (Fsp3) is 0.296. The van der Waals surface area contributed by atoms with Crippen LogP contribution in [-0.2, 0) is 17.8 Å². The van der Waals surface area contributed by atoms with Gasteiger partial charge in [0.2, 0.25) is 0 Å². The first-order valence-electron chi connectivity index (χ1n) is 11.1. The number of carbonyl (C=O) groups is 1. The Morgan fingerprint density at radius 1 is 0.771 bits per heavy atom. The molecule has 0 spiro atoms. The predicted octanol–water partition coefficient (Wildman–Crippen LogP) is 4.79. The maximum atomic E-state index is 12.2. The van der Waals surface area contributed by atoms with Crippen molar-refractivity contribution < 1.29 is 23.7 Å². The van der Waals surface area contributed by atoms with Crippen LogP contribution in [0.3, 0.4) is 0 Å². The van der Waals surface area contributed by atoms with Gasteiger partial charge in [-0.15, -0.1) is 12.4 Å². The highest BCUT2D eigenvalue weighted by atomic mass is 35.5. The summed E-state index contributed by atoms with van der Waals surface area (Å²) in [6.07, 6.45) is 0.856. The number of amides is 1. The maximum absolute atomic E-state index is 12.2. The SMILES string of the molecule is COc1ccc(CCNCc2ccc(OCC(=O)Nc3ccc(C)cc3)c(OC)c2)cc1OC.Cl. The van der Waals surface area contributed by atoms with Gasteiger partial charge >= 0.3 is 0 Å². The van der Waals surface area contributed by atoms with E-state index in [1.807, 2.05) is 67.6 Å². The summed E-state index contributed by atoms with van der Waals surface area (Å²) >= 11 is 0. The molecule has 0 saturated heterocycles. The third-order valence-electron chi connectivity index (χ3n) is 5.29. The molecule has 0 unspecified atom stereocenters. The Morgan fingerprint density at radius 2 is 1.37 bits per heavy atom. The van der Waals surface area contributed by atoms with Crippen molar-refractivity contribution in [3.63, 3.8) is 0 Å². The van der Waals surface area contributed by atoms with E-state index in [0.29, 0.717) is 18.0 Å². The molecule has 1 amide bonds. The first-order valence-corrected chi connectivity index (χ1v) is 11.1. The second-order valence-corrected chi connectivity index (χ2v) is 7.80. The van der Waals surface area contributed by atoms with Gasteiger partial charge in [0, 0.05) is 12.2 Å². The monoisotopic (exact) mass is 500 g/mol. The minimum Gasteiger partial charge on any atom is -0.493 e. The molecule has 0 aromatic heterocycles. The summed E-state index contributed by atoms with van der Waals surface area (Å²) in [5, 5.41) is 6.26. The fourth-order valence-corrected chi connectivity index (χ4v) is 3.42. The molecule has 0 saturated carbocycles. The van der Waals surface area contributed by atoms with E-state index in [-0.39, 0.29) is 24.9 Å². The number of aryl methyl sites for hydroxylation is 1. The Kier molecular flexibility index (Phi) is 11.2. The number of hydrogen-bond donors (Lipinski definition) is 2. The lowest BCUT2D eigenvalue weighted by atomic mass is 10.1. The molecule has 0 heterocycles. The molecular weight excluding hydrogens is 468 g/mol. The summed E-state index contributed by atoms with van der Waals surface area (Å²) in [4.78, 5) is 12.2. The van der Waals surface area contributed by atoms with Gasteiger partial charge in [-0.1, -0.05) is 29.8 Å². The highest BCUT2D eigenvalue weighted by Crippen LogP contribution is 2.29. The number of hydrogen-bond acceptors (Lipinski definition) is 6. The van der Waals surface area contributed by atoms with Crippen LogP contribution in [0.4, 0.5) is 5.69 Å². The van der Waals surface area contributed by atoms with E-state index in [2.05, 4.69) is 10.6 Å². The van der Waals surface area contributed by atoms with Crippen molar-refractivity contribution in [3.8, 4) is 23.0 Å². The molecule has 0 aliphatic heterocycles. The molecule has 7 nitrogen and oxygen atoms in total. The standard InChI is InChI=1S/C27H32N2O5.ClH/c1-19-5-9-22(10-6-19)29-27(30)18-34-24-12-8-21(16-26(24)33-4)17-28-14-13-20-7-11-23(31-2)25(15-20)32-3;/h5-12,15-16,28H,13-14,17-18H2,1-4H3,(H,29,30);1H. The van der Waals surface area contributed by atoms with Gasteiger partial charge < -0.3 is 29.6 Å². The number of ether oxygens (including phenoxy) is 4. The van der Waals surface area contributed by atoms with E-state index in [0.717, 1.165) is 46.8 Å². The Morgan fingerprint density at radius 3 is 2.06 bits per heavy atom. The number of benzene rings is 3. The van der Waals surface area contributed by atoms with Crippen LogP contribution in [0.25, 0.3) is 0 Å². The van der Waals surface area contributed by atoms with E-state index >= 15 is 0 Å². The zero-order valence-corrected chi connectivity index (χ0v) is 21.4. The summed E-state index contributed by atoms with van der Waals surface area (Å²) in [6.45, 7) is 3.37. The van der Waals surface area contributed by atoms with Crippen LogP contribution in [0, 0.1) is 6.92 Å². The second-order valence-electron chi connectivity index (χ2n) is 7.80. The number of methoxy groups -OCH3 is 3. The summed E-state index contributed by atoms with van der Waals surface area (Å²) in [5.41, 5.74) is 4.09. The average Bonchev–Trinajstić information content (AvgIpc) is 2.86. The van der Waals surface area contributed by atoms with Gasteiger partial charge in [0.25, 0.3) is 5.91 Å². The second kappa shape index (κ2) is 14.1. The maximum Gasteiger partial charge on any atom is 0.262 e. The van der Waals surface area contributed by atoms with Crippen molar-refractivity contribution in [2.45, 2.75) is 19.9 Å². The molecule has 0 aliphatic rings. The van der Waals surface area contributed by atoms with E-state index in [4.69, 9.17) is 18.9 Å². The number of nitrogens with one attached hydrogen (secondary N) is 2. The van der Waals surface area contributed by atoms with Gasteiger partial charge in [0.05, 0.1) is 21.3 Å². The summed E-state index contributed by atoms with van der Waals surface area (Å²) in [6, 6.07) is 19.2. The van der Waals surface area contributed by atoms with E-state index in [9.17, 15) is 4.79 Å². The van der Waals surface area contributed by atoms with E-state index < -0.39 is 0 Å². The molecular formula is C27H33ClN2O5. The van der Waals surface area contributed by atoms with Crippen LogP contribution in [0.5, 0.6) is 23.0 Å². The molecule has 8 heteroatoms. The largest absolute Gasteiger partial charge is 0.493 e. The highest BCUT2D eigenvalue weighted by Gasteiger charge is 2.10. The Bertz CT molecular complexity index is 1090. The first kappa shape index (κ1) is 27.8. The van der Waals surface area contributed by atoms with Crippen LogP contribution >= 0.6 is 12.4 Å². The van der Waals surface area contributed by atoms with Crippen LogP contribution in [0.2, 0.25) is 0 Å². The number of halogens is 1. The van der Waals surface area contributed by atoms with Crippen LogP contribution in [0.1, 0.15) is 16.7 Å². The van der Waals surface area contributed by atoms with Crippen molar-refractivity contribution in [2.24, 2.45) is 0 Å². The van der Waals surface area contributed by atoms with Crippen molar-refractivity contribution in [3.05, 3.63) is 77.4 Å². The van der Waals surface area contributed by atoms with Crippen molar-refractivity contribution in [2.75, 3.05) is 39.8 Å². The summed E-state index contributed by atoms with van der Waals surface area (Å²) in [7, 11) is 4.85. The topological polar surface area (TPSA) is 78.1 Å². The molecule has 188 valence electrons. The summed E-state index contributed by atoms with van der Waals surface area (Å²) < 4.78 is 21.8. The van der Waals surface area contributed by atoms with E-state index in [1.165, 1.54) is 0 Å². The zero-order chi connectivity index (χ0) is 24.3. The third-order valence-corrected chi connectivity index (χ3v) is 5.29. The van der Waals surface area contributed by atoms with Crippen molar-refractivity contribution in [1.29, 1.82) is 0 Å². The van der Waals surface area contributed by atoms with Crippen LogP contribution in [0.15, 0.2) is 60.7 Å². The van der Waals surface area contributed by atoms with Crippen LogP contribution in [-0.4, -0.2) is 40.4 Å². The normalized spacial score (nSPS) is 10.2. The highest BCUT2D eigenvalue weighted by molar-refractivity contribution is 5.91. The van der Waals surface area contributed by atoms with Gasteiger partial charge in [-0.3, -0.25) is 4.79 Å². The number of rotatable bonds is 12. The molecule has 3 rings (SSSR count). The quantitative estimate of drug-likeness (QED) is 0.348. The predicted molar refractivity (Wildman–Crippen MR) is 141 cm³/mol. The van der Waals surface area contributed by atoms with Gasteiger partial charge in [-0.2, -0.15) is 0 Å². The minimum atomic E-state index is -0.230. The zero-order valence-electron chi connectivity index (χ0n) is 20.6. The average molecular weight is 501 g/mol. The molecule has 2 N–H and O–H groups in total. The third kappa shape index (κ3) is 8.38. The van der Waals surface area contributed by atoms with Gasteiger partial charge in [-0.25, -0.2) is 0 Å². The molecule has 0 bridgehead atoms. The Labute approximate surface area is 213 Å². The molecule has 3 aromatic rings. The Hall–Kier alpha value is -3.42. The first-order chi connectivity index (χ1) is 16.5.